The molecule has 0 aromatic carbocycles. The van der Waals surface area contributed by atoms with E-state index in [0.29, 0.717) is 0 Å². The van der Waals surface area contributed by atoms with E-state index in [9.17, 15) is 0 Å². The van der Waals surface area contributed by atoms with Crippen molar-refractivity contribution in [1.29, 1.82) is 0 Å². The van der Waals surface area contributed by atoms with Crippen molar-refractivity contribution >= 4 is 0 Å². The monoisotopic (exact) mass is 156 g/mol. The predicted octanol–water partition coefficient (Wildman–Crippen LogP) is 1.26. The molecule has 1 aliphatic carbocycles. The van der Waals surface area contributed by atoms with Crippen molar-refractivity contribution in [2.24, 2.45) is 5.73 Å². The first-order valence-electron chi connectivity index (χ1n) is 4.76. The van der Waals surface area contributed by atoms with Crippen LogP contribution in [0.3, 0.4) is 0 Å². The zero-order valence-corrected chi connectivity index (χ0v) is 7.53. The summed E-state index contributed by atoms with van der Waals surface area (Å²) in [6.45, 7) is 4.29. The molecule has 3 N–H and O–H groups in total. The summed E-state index contributed by atoms with van der Waals surface area (Å²) >= 11 is 0. The smallest absolute Gasteiger partial charge is 0.0166 e. The van der Waals surface area contributed by atoms with Gasteiger partial charge in [-0.3, -0.25) is 0 Å². The molecule has 1 aliphatic rings. The lowest BCUT2D eigenvalue weighted by Gasteiger charge is -2.23. The van der Waals surface area contributed by atoms with Crippen LogP contribution in [0.5, 0.6) is 0 Å². The van der Waals surface area contributed by atoms with Crippen LogP contribution >= 0.6 is 0 Å². The molecule has 0 atom stereocenters. The topological polar surface area (TPSA) is 38.0 Å². The fraction of sp³-hybridized carbons (Fsp3) is 1.00. The van der Waals surface area contributed by atoms with Gasteiger partial charge in [0.1, 0.15) is 0 Å². The van der Waals surface area contributed by atoms with Gasteiger partial charge in [-0.25, -0.2) is 0 Å². The first kappa shape index (κ1) is 9.01. The third kappa shape index (κ3) is 2.80. The molecule has 1 fully saturated rings. The van der Waals surface area contributed by atoms with Gasteiger partial charge in [-0.2, -0.15) is 0 Å². The third-order valence-corrected chi connectivity index (χ3v) is 2.65. The minimum atomic E-state index is 0.183. The molecule has 2 nitrogen and oxygen atoms in total. The van der Waals surface area contributed by atoms with E-state index >= 15 is 0 Å². The molecule has 66 valence electrons. The number of nitrogens with one attached hydrogen (secondary N) is 1. The van der Waals surface area contributed by atoms with Crippen LogP contribution in [0.1, 0.15) is 39.0 Å². The van der Waals surface area contributed by atoms with Crippen molar-refractivity contribution in [3.63, 3.8) is 0 Å². The van der Waals surface area contributed by atoms with Gasteiger partial charge in [0, 0.05) is 5.54 Å². The highest BCUT2D eigenvalue weighted by molar-refractivity contribution is 4.89. The summed E-state index contributed by atoms with van der Waals surface area (Å²) < 4.78 is 0. The summed E-state index contributed by atoms with van der Waals surface area (Å²) in [5.74, 6) is 0. The Morgan fingerprint density at radius 3 is 2.55 bits per heavy atom. The molecular weight excluding hydrogens is 136 g/mol. The molecular formula is C9H20N2. The Hall–Kier alpha value is -0.0800. The lowest BCUT2D eigenvalue weighted by molar-refractivity contribution is 0.396. The summed E-state index contributed by atoms with van der Waals surface area (Å²) in [7, 11) is 0. The zero-order chi connectivity index (χ0) is 8.16. The SMILES string of the molecule is CCNCCC1(N)CCCC1. The average Bonchev–Trinajstić information content (AvgIpc) is 2.38. The molecule has 1 rings (SSSR count). The Balaban J connectivity index is 2.13. The van der Waals surface area contributed by atoms with Crippen LogP contribution in [0, 0.1) is 0 Å². The van der Waals surface area contributed by atoms with Crippen LogP contribution in [-0.2, 0) is 0 Å². The van der Waals surface area contributed by atoms with Crippen LogP contribution < -0.4 is 11.1 Å². The number of nitrogens with two attached hydrogens (primary N) is 1. The second-order valence-electron chi connectivity index (χ2n) is 3.67. The van der Waals surface area contributed by atoms with Crippen molar-refractivity contribution in [3.05, 3.63) is 0 Å². The Bertz CT molecular complexity index is 106. The van der Waals surface area contributed by atoms with Crippen molar-refractivity contribution in [2.45, 2.75) is 44.6 Å². The van der Waals surface area contributed by atoms with E-state index < -0.39 is 0 Å². The molecule has 0 bridgehead atoms. The predicted molar refractivity (Wildman–Crippen MR) is 48.5 cm³/mol. The van der Waals surface area contributed by atoms with Gasteiger partial charge in [-0.05, 0) is 32.4 Å². The average molecular weight is 156 g/mol. The maximum Gasteiger partial charge on any atom is 0.0166 e. The van der Waals surface area contributed by atoms with E-state index in [1.807, 2.05) is 0 Å². The molecule has 0 radical (unpaired) electrons. The number of hydrogen-bond acceptors (Lipinski definition) is 2. The van der Waals surface area contributed by atoms with Crippen LogP contribution in [0.2, 0.25) is 0 Å². The molecule has 0 saturated heterocycles. The van der Waals surface area contributed by atoms with Gasteiger partial charge in [-0.15, -0.1) is 0 Å². The molecule has 2 heteroatoms. The van der Waals surface area contributed by atoms with Gasteiger partial charge < -0.3 is 11.1 Å². The second kappa shape index (κ2) is 4.07. The standard InChI is InChI=1S/C9H20N2/c1-2-11-8-7-9(10)5-3-4-6-9/h11H,2-8,10H2,1H3. The summed E-state index contributed by atoms with van der Waals surface area (Å²) in [4.78, 5) is 0. The Morgan fingerprint density at radius 1 is 1.36 bits per heavy atom. The zero-order valence-electron chi connectivity index (χ0n) is 7.53. The Labute approximate surface area is 69.5 Å². The molecule has 0 amide bonds. The van der Waals surface area contributed by atoms with Crippen molar-refractivity contribution in [3.8, 4) is 0 Å². The first-order chi connectivity index (χ1) is 5.27. The summed E-state index contributed by atoms with van der Waals surface area (Å²) in [6, 6.07) is 0. The Kier molecular flexibility index (Phi) is 3.34. The normalized spacial score (nSPS) is 22.4. The highest BCUT2D eigenvalue weighted by Gasteiger charge is 2.28. The molecule has 11 heavy (non-hydrogen) atoms. The maximum absolute atomic E-state index is 6.16. The van der Waals surface area contributed by atoms with Crippen LogP contribution in [-0.4, -0.2) is 18.6 Å². The van der Waals surface area contributed by atoms with Crippen LogP contribution in [0.4, 0.5) is 0 Å². The maximum atomic E-state index is 6.16. The van der Waals surface area contributed by atoms with Crippen LogP contribution in [0.15, 0.2) is 0 Å². The van der Waals surface area contributed by atoms with Crippen molar-refractivity contribution in [2.75, 3.05) is 13.1 Å². The van der Waals surface area contributed by atoms with E-state index in [1.165, 1.54) is 25.7 Å². The molecule has 0 aliphatic heterocycles. The Morgan fingerprint density at radius 2 is 2.00 bits per heavy atom. The minimum absolute atomic E-state index is 0.183. The molecule has 0 unspecified atom stereocenters. The highest BCUT2D eigenvalue weighted by Crippen LogP contribution is 2.29. The lowest BCUT2D eigenvalue weighted by atomic mass is 9.95. The fourth-order valence-electron chi connectivity index (χ4n) is 1.84. The van der Waals surface area contributed by atoms with Gasteiger partial charge in [0.05, 0.1) is 0 Å². The minimum Gasteiger partial charge on any atom is -0.325 e. The fourth-order valence-corrected chi connectivity index (χ4v) is 1.84. The molecule has 0 heterocycles. The van der Waals surface area contributed by atoms with Gasteiger partial charge in [-0.1, -0.05) is 19.8 Å². The van der Waals surface area contributed by atoms with E-state index in [2.05, 4.69) is 12.2 Å². The number of rotatable bonds is 4. The highest BCUT2D eigenvalue weighted by atomic mass is 14.9. The largest absolute Gasteiger partial charge is 0.325 e. The molecule has 0 aromatic heterocycles. The molecule has 0 spiro atoms. The van der Waals surface area contributed by atoms with E-state index in [1.54, 1.807) is 0 Å². The van der Waals surface area contributed by atoms with Crippen LogP contribution in [0.25, 0.3) is 0 Å². The summed E-state index contributed by atoms with van der Waals surface area (Å²) in [5, 5.41) is 3.32. The van der Waals surface area contributed by atoms with Gasteiger partial charge >= 0.3 is 0 Å². The van der Waals surface area contributed by atoms with Crippen molar-refractivity contribution < 1.29 is 0 Å². The van der Waals surface area contributed by atoms with E-state index in [4.69, 9.17) is 5.73 Å². The molecule has 0 aromatic rings. The number of hydrogen-bond donors (Lipinski definition) is 2. The first-order valence-corrected chi connectivity index (χ1v) is 4.76. The summed E-state index contributed by atoms with van der Waals surface area (Å²) in [6.07, 6.45) is 6.29. The lowest BCUT2D eigenvalue weighted by Crippen LogP contribution is -2.39. The molecule has 1 saturated carbocycles. The van der Waals surface area contributed by atoms with Gasteiger partial charge in [0.2, 0.25) is 0 Å². The second-order valence-corrected chi connectivity index (χ2v) is 3.67. The van der Waals surface area contributed by atoms with Crippen molar-refractivity contribution in [1.82, 2.24) is 5.32 Å². The van der Waals surface area contributed by atoms with E-state index in [-0.39, 0.29) is 5.54 Å². The third-order valence-electron chi connectivity index (χ3n) is 2.65. The van der Waals surface area contributed by atoms with Gasteiger partial charge in [0.15, 0.2) is 0 Å². The summed E-state index contributed by atoms with van der Waals surface area (Å²) in [5.41, 5.74) is 6.34. The van der Waals surface area contributed by atoms with Gasteiger partial charge in [0.25, 0.3) is 0 Å². The quantitative estimate of drug-likeness (QED) is 0.601. The van der Waals surface area contributed by atoms with E-state index in [0.717, 1.165) is 19.5 Å².